The molecule has 1 fully saturated rings. The minimum Gasteiger partial charge on any atom is -0.413 e. The summed E-state index contributed by atoms with van der Waals surface area (Å²) in [6, 6.07) is 5.66. The molecule has 2 aliphatic rings. The summed E-state index contributed by atoms with van der Waals surface area (Å²) < 4.78 is 6.55. The minimum absolute atomic E-state index is 0.0751. The number of rotatable bonds is 3. The monoisotopic (exact) mass is 361 g/mol. The summed E-state index contributed by atoms with van der Waals surface area (Å²) in [6.45, 7) is 13.2. The van der Waals surface area contributed by atoms with Gasteiger partial charge in [-0.25, -0.2) is 0 Å². The first-order valence-corrected chi connectivity index (χ1v) is 12.1. The molecule has 0 bridgehead atoms. The summed E-state index contributed by atoms with van der Waals surface area (Å²) in [5, 5.41) is 3.23. The summed E-state index contributed by atoms with van der Waals surface area (Å²) >= 11 is 0. The Morgan fingerprint density at radius 3 is 2.72 bits per heavy atom. The van der Waals surface area contributed by atoms with E-state index in [2.05, 4.69) is 44.1 Å². The Bertz CT molecular complexity index is 669. The third-order valence-electron chi connectivity index (χ3n) is 5.99. The van der Waals surface area contributed by atoms with Crippen LogP contribution in [0, 0.1) is 0 Å². The maximum Gasteiger partial charge on any atom is 0.242 e. The number of anilines is 2. The third kappa shape index (κ3) is 3.76. The molecule has 3 N–H and O–H groups in total. The molecule has 5 nitrogen and oxygen atoms in total. The van der Waals surface area contributed by atoms with Gasteiger partial charge in [0.05, 0.1) is 12.1 Å². The van der Waals surface area contributed by atoms with Gasteiger partial charge in [0.2, 0.25) is 5.91 Å². The highest BCUT2D eigenvalue weighted by Gasteiger charge is 2.42. The second-order valence-electron chi connectivity index (χ2n) is 8.91. The zero-order valence-corrected chi connectivity index (χ0v) is 17.1. The predicted octanol–water partition coefficient (Wildman–Crippen LogP) is 3.23. The van der Waals surface area contributed by atoms with Crippen LogP contribution in [0.1, 0.15) is 32.8 Å². The molecule has 2 atom stereocenters. The molecule has 6 heteroatoms. The van der Waals surface area contributed by atoms with E-state index in [9.17, 15) is 4.79 Å². The molecule has 1 aromatic rings. The van der Waals surface area contributed by atoms with Crippen LogP contribution in [-0.2, 0) is 15.6 Å². The SMILES string of the molecule is CC(C)(C)[Si](C)(C)O[C@H]1CCN(C2Cc3ccc(N)cc3NC2=O)C1. The Balaban J connectivity index is 1.66. The average Bonchev–Trinajstić information content (AvgIpc) is 2.92. The number of likely N-dealkylation sites (tertiary alicyclic amines) is 1. The summed E-state index contributed by atoms with van der Waals surface area (Å²) in [6.07, 6.45) is 1.99. The Kier molecular flexibility index (Phi) is 4.72. The largest absolute Gasteiger partial charge is 0.413 e. The van der Waals surface area contributed by atoms with Crippen LogP contribution in [0.25, 0.3) is 0 Å². The van der Waals surface area contributed by atoms with Crippen LogP contribution in [0.5, 0.6) is 0 Å². The fraction of sp³-hybridized carbons (Fsp3) is 0.632. The van der Waals surface area contributed by atoms with Crippen molar-refractivity contribution in [2.45, 2.75) is 63.9 Å². The summed E-state index contributed by atoms with van der Waals surface area (Å²) in [5.74, 6) is 0.0751. The van der Waals surface area contributed by atoms with Crippen molar-refractivity contribution in [2.75, 3.05) is 24.1 Å². The van der Waals surface area contributed by atoms with E-state index in [0.29, 0.717) is 5.69 Å². The Morgan fingerprint density at radius 2 is 2.04 bits per heavy atom. The zero-order chi connectivity index (χ0) is 18.4. The lowest BCUT2D eigenvalue weighted by atomic mass is 9.97. The average molecular weight is 362 g/mol. The number of fused-ring (bicyclic) bond motifs is 1. The van der Waals surface area contributed by atoms with E-state index in [0.717, 1.165) is 37.2 Å². The molecule has 0 radical (unpaired) electrons. The molecule has 2 aliphatic heterocycles. The fourth-order valence-corrected chi connectivity index (χ4v) is 4.81. The number of benzene rings is 1. The molecule has 0 aromatic heterocycles. The minimum atomic E-state index is -1.77. The molecule has 0 saturated carbocycles. The van der Waals surface area contributed by atoms with Crippen molar-refractivity contribution < 1.29 is 9.22 Å². The van der Waals surface area contributed by atoms with Crippen molar-refractivity contribution in [3.05, 3.63) is 23.8 Å². The summed E-state index contributed by atoms with van der Waals surface area (Å²) in [7, 11) is -1.77. The molecule has 0 aliphatic carbocycles. The lowest BCUT2D eigenvalue weighted by Gasteiger charge is -2.38. The summed E-state index contributed by atoms with van der Waals surface area (Å²) in [5.41, 5.74) is 8.52. The highest BCUT2D eigenvalue weighted by Crippen LogP contribution is 2.38. The highest BCUT2D eigenvalue weighted by molar-refractivity contribution is 6.74. The van der Waals surface area contributed by atoms with E-state index in [1.807, 2.05) is 18.2 Å². The summed E-state index contributed by atoms with van der Waals surface area (Å²) in [4.78, 5) is 14.9. The standard InChI is InChI=1S/C19H31N3O2Si/c1-19(2,3)25(4,5)24-15-8-9-22(12-15)17-10-13-6-7-14(20)11-16(13)21-18(17)23/h6-7,11,15,17H,8-10,12,20H2,1-5H3,(H,21,23)/t15-,17?/m0/s1. The lowest BCUT2D eigenvalue weighted by Crippen LogP contribution is -2.48. The van der Waals surface area contributed by atoms with Crippen LogP contribution >= 0.6 is 0 Å². The number of nitrogens with two attached hydrogens (primary N) is 1. The van der Waals surface area contributed by atoms with E-state index < -0.39 is 8.32 Å². The van der Waals surface area contributed by atoms with Gasteiger partial charge in [0, 0.05) is 24.5 Å². The molecular weight excluding hydrogens is 330 g/mol. The number of hydrogen-bond donors (Lipinski definition) is 2. The maximum atomic E-state index is 12.6. The van der Waals surface area contributed by atoms with Gasteiger partial charge < -0.3 is 15.5 Å². The topological polar surface area (TPSA) is 67.6 Å². The normalized spacial score (nSPS) is 24.9. The van der Waals surface area contributed by atoms with Gasteiger partial charge >= 0.3 is 0 Å². The molecule has 1 saturated heterocycles. The molecule has 1 unspecified atom stereocenters. The molecule has 0 spiro atoms. The van der Waals surface area contributed by atoms with Gasteiger partial charge in [-0.15, -0.1) is 0 Å². The van der Waals surface area contributed by atoms with Gasteiger partial charge in [-0.1, -0.05) is 26.8 Å². The van der Waals surface area contributed by atoms with Gasteiger partial charge in [0.15, 0.2) is 8.32 Å². The zero-order valence-electron chi connectivity index (χ0n) is 16.1. The van der Waals surface area contributed by atoms with Crippen molar-refractivity contribution in [2.24, 2.45) is 0 Å². The highest BCUT2D eigenvalue weighted by atomic mass is 28.4. The third-order valence-corrected chi connectivity index (χ3v) is 10.5. The van der Waals surface area contributed by atoms with Crippen LogP contribution in [0.15, 0.2) is 18.2 Å². The lowest BCUT2D eigenvalue weighted by molar-refractivity contribution is -0.121. The van der Waals surface area contributed by atoms with Crippen LogP contribution in [0.2, 0.25) is 18.1 Å². The first-order chi connectivity index (χ1) is 11.6. The van der Waals surface area contributed by atoms with Crippen molar-refractivity contribution in [1.82, 2.24) is 4.90 Å². The van der Waals surface area contributed by atoms with Crippen LogP contribution in [0.4, 0.5) is 11.4 Å². The van der Waals surface area contributed by atoms with Crippen molar-refractivity contribution in [3.8, 4) is 0 Å². The first-order valence-electron chi connectivity index (χ1n) is 9.18. The van der Waals surface area contributed by atoms with E-state index in [1.165, 1.54) is 0 Å². The van der Waals surface area contributed by atoms with Gasteiger partial charge in [-0.2, -0.15) is 0 Å². The number of amides is 1. The van der Waals surface area contributed by atoms with Crippen molar-refractivity contribution >= 4 is 25.6 Å². The van der Waals surface area contributed by atoms with Gasteiger partial charge in [0.25, 0.3) is 0 Å². The quantitative estimate of drug-likeness (QED) is 0.641. The Hall–Kier alpha value is -1.37. The molecule has 138 valence electrons. The second kappa shape index (κ2) is 6.41. The number of hydrogen-bond acceptors (Lipinski definition) is 4. The number of nitrogen functional groups attached to an aromatic ring is 1. The number of nitrogens with one attached hydrogen (secondary N) is 1. The molecule has 3 rings (SSSR count). The van der Waals surface area contributed by atoms with Gasteiger partial charge in [0.1, 0.15) is 0 Å². The number of nitrogens with zero attached hydrogens (tertiary/aromatic N) is 1. The van der Waals surface area contributed by atoms with E-state index >= 15 is 0 Å². The second-order valence-corrected chi connectivity index (χ2v) is 13.7. The van der Waals surface area contributed by atoms with Gasteiger partial charge in [-0.05, 0) is 48.7 Å². The predicted molar refractivity (Wildman–Crippen MR) is 105 cm³/mol. The van der Waals surface area contributed by atoms with E-state index in [1.54, 1.807) is 0 Å². The molecular formula is C19H31N3O2Si. The molecule has 2 heterocycles. The van der Waals surface area contributed by atoms with Crippen LogP contribution in [0.3, 0.4) is 0 Å². The smallest absolute Gasteiger partial charge is 0.242 e. The van der Waals surface area contributed by atoms with Crippen molar-refractivity contribution in [3.63, 3.8) is 0 Å². The molecule has 25 heavy (non-hydrogen) atoms. The van der Waals surface area contributed by atoms with Crippen molar-refractivity contribution in [1.29, 1.82) is 0 Å². The fourth-order valence-electron chi connectivity index (χ4n) is 3.43. The molecule has 1 amide bonds. The molecule has 1 aromatic carbocycles. The van der Waals surface area contributed by atoms with E-state index in [4.69, 9.17) is 10.2 Å². The maximum absolute atomic E-state index is 12.6. The Labute approximate surface area is 152 Å². The first kappa shape index (κ1) is 18.4. The number of carbonyl (C=O) groups is 1. The van der Waals surface area contributed by atoms with Gasteiger partial charge in [-0.3, -0.25) is 9.69 Å². The Morgan fingerprint density at radius 1 is 1.32 bits per heavy atom. The van der Waals surface area contributed by atoms with E-state index in [-0.39, 0.29) is 23.1 Å². The van der Waals surface area contributed by atoms with Crippen LogP contribution in [-0.4, -0.2) is 44.4 Å². The number of carbonyl (C=O) groups excluding carboxylic acids is 1. The van der Waals surface area contributed by atoms with Crippen LogP contribution < -0.4 is 11.1 Å².